The molecule has 0 amide bonds. The van der Waals surface area contributed by atoms with E-state index in [1.54, 1.807) is 0 Å². The van der Waals surface area contributed by atoms with Gasteiger partial charge < -0.3 is 0 Å². The third kappa shape index (κ3) is 1.16. The topological polar surface area (TPSA) is 48.8 Å². The van der Waals surface area contributed by atoms with Crippen LogP contribution in [-0.4, -0.2) is 5.54 Å². The SMILES string of the molecule is CCC1(N=[N+]=[N-])C2CC3CC(C2)CC1C3. The van der Waals surface area contributed by atoms with Crippen molar-refractivity contribution in [3.05, 3.63) is 10.4 Å². The lowest BCUT2D eigenvalue weighted by Crippen LogP contribution is -2.56. The Morgan fingerprint density at radius 1 is 1.13 bits per heavy atom. The zero-order chi connectivity index (χ0) is 10.5. The molecule has 0 heterocycles. The minimum absolute atomic E-state index is 0.00215. The second kappa shape index (κ2) is 3.15. The number of nitrogens with zero attached hydrogens (tertiary/aromatic N) is 3. The third-order valence-electron chi connectivity index (χ3n) is 5.35. The fourth-order valence-electron chi connectivity index (χ4n) is 4.89. The smallest absolute Gasteiger partial charge is 0.0542 e. The molecule has 4 rings (SSSR count). The van der Waals surface area contributed by atoms with Crippen LogP contribution in [0.25, 0.3) is 10.4 Å². The van der Waals surface area contributed by atoms with Gasteiger partial charge in [-0.3, -0.25) is 0 Å². The largest absolute Gasteiger partial charge is 0.0867 e. The summed E-state index contributed by atoms with van der Waals surface area (Å²) in [6.45, 7) is 2.21. The van der Waals surface area contributed by atoms with Crippen LogP contribution in [0, 0.1) is 23.7 Å². The van der Waals surface area contributed by atoms with Crippen molar-refractivity contribution < 1.29 is 0 Å². The maximum absolute atomic E-state index is 8.81. The Hall–Kier alpha value is -0.690. The molecule has 0 aromatic carbocycles. The highest BCUT2D eigenvalue weighted by Crippen LogP contribution is 2.60. The van der Waals surface area contributed by atoms with Gasteiger partial charge in [0.1, 0.15) is 0 Å². The Bertz CT molecular complexity index is 289. The first kappa shape index (κ1) is 9.53. The van der Waals surface area contributed by atoms with E-state index in [0.29, 0.717) is 11.8 Å². The van der Waals surface area contributed by atoms with Gasteiger partial charge in [-0.1, -0.05) is 12.0 Å². The van der Waals surface area contributed by atoms with E-state index in [9.17, 15) is 0 Å². The molecule has 82 valence electrons. The monoisotopic (exact) mass is 205 g/mol. The van der Waals surface area contributed by atoms with Crippen LogP contribution in [0.2, 0.25) is 0 Å². The summed E-state index contributed by atoms with van der Waals surface area (Å²) < 4.78 is 0. The zero-order valence-electron chi connectivity index (χ0n) is 9.39. The molecule has 0 aromatic rings. The first-order valence-corrected chi connectivity index (χ1v) is 6.34. The zero-order valence-corrected chi connectivity index (χ0v) is 9.39. The summed E-state index contributed by atoms with van der Waals surface area (Å²) in [4.78, 5) is 3.15. The van der Waals surface area contributed by atoms with Crippen molar-refractivity contribution in [3.8, 4) is 0 Å². The normalized spacial score (nSPS) is 51.5. The minimum Gasteiger partial charge on any atom is -0.0867 e. The molecule has 4 saturated carbocycles. The van der Waals surface area contributed by atoms with E-state index in [2.05, 4.69) is 16.9 Å². The Morgan fingerprint density at radius 2 is 1.67 bits per heavy atom. The van der Waals surface area contributed by atoms with Gasteiger partial charge in [0.25, 0.3) is 0 Å². The maximum Gasteiger partial charge on any atom is 0.0542 e. The summed E-state index contributed by atoms with van der Waals surface area (Å²) in [5.41, 5.74) is 8.81. The fourth-order valence-corrected chi connectivity index (χ4v) is 4.89. The molecular weight excluding hydrogens is 186 g/mol. The molecule has 0 spiro atoms. The molecule has 3 heteroatoms. The molecule has 15 heavy (non-hydrogen) atoms. The summed E-state index contributed by atoms with van der Waals surface area (Å²) >= 11 is 0. The van der Waals surface area contributed by atoms with Crippen LogP contribution < -0.4 is 0 Å². The quantitative estimate of drug-likeness (QED) is 0.373. The number of hydrogen-bond acceptors (Lipinski definition) is 1. The second-order valence-electron chi connectivity index (χ2n) is 5.84. The first-order valence-electron chi connectivity index (χ1n) is 6.34. The van der Waals surface area contributed by atoms with Crippen LogP contribution in [0.5, 0.6) is 0 Å². The Morgan fingerprint density at radius 3 is 2.07 bits per heavy atom. The first-order chi connectivity index (χ1) is 7.28. The summed E-state index contributed by atoms with van der Waals surface area (Å²) in [6, 6.07) is 0. The molecule has 0 unspecified atom stereocenters. The molecular formula is C12H19N3. The van der Waals surface area contributed by atoms with Crippen molar-refractivity contribution in [2.45, 2.75) is 51.0 Å². The minimum atomic E-state index is 0.00215. The second-order valence-corrected chi connectivity index (χ2v) is 5.84. The van der Waals surface area contributed by atoms with Gasteiger partial charge in [-0.15, -0.1) is 0 Å². The van der Waals surface area contributed by atoms with E-state index in [-0.39, 0.29) is 5.54 Å². The maximum atomic E-state index is 8.81. The van der Waals surface area contributed by atoms with Crippen molar-refractivity contribution in [3.63, 3.8) is 0 Å². The molecule has 0 aliphatic heterocycles. The van der Waals surface area contributed by atoms with Crippen LogP contribution in [0.15, 0.2) is 5.11 Å². The Labute approximate surface area is 90.9 Å². The third-order valence-corrected chi connectivity index (χ3v) is 5.35. The molecule has 4 aliphatic carbocycles. The van der Waals surface area contributed by atoms with Gasteiger partial charge in [0, 0.05) is 4.91 Å². The highest BCUT2D eigenvalue weighted by atomic mass is 15.2. The Balaban J connectivity index is 1.99. The molecule has 0 N–H and O–H groups in total. The van der Waals surface area contributed by atoms with Crippen LogP contribution in [0.3, 0.4) is 0 Å². The van der Waals surface area contributed by atoms with Gasteiger partial charge in [0.2, 0.25) is 0 Å². The van der Waals surface area contributed by atoms with E-state index in [0.717, 1.165) is 18.3 Å². The number of hydrogen-bond donors (Lipinski definition) is 0. The van der Waals surface area contributed by atoms with Crippen LogP contribution in [-0.2, 0) is 0 Å². The van der Waals surface area contributed by atoms with E-state index in [1.807, 2.05) is 0 Å². The highest BCUT2D eigenvalue weighted by molar-refractivity contribution is 5.10. The predicted octanol–water partition coefficient (Wildman–Crippen LogP) is 3.90. The van der Waals surface area contributed by atoms with Gasteiger partial charge in [0.05, 0.1) is 5.54 Å². The lowest BCUT2D eigenvalue weighted by molar-refractivity contribution is -0.0562. The molecule has 4 fully saturated rings. The van der Waals surface area contributed by atoms with Crippen molar-refractivity contribution in [2.24, 2.45) is 28.8 Å². The average molecular weight is 205 g/mol. The fraction of sp³-hybridized carbons (Fsp3) is 1.00. The molecule has 4 aliphatic rings. The summed E-state index contributed by atoms with van der Waals surface area (Å²) in [5, 5.41) is 4.25. The lowest BCUT2D eigenvalue weighted by Gasteiger charge is -2.59. The molecule has 0 aromatic heterocycles. The van der Waals surface area contributed by atoms with Crippen LogP contribution >= 0.6 is 0 Å². The van der Waals surface area contributed by atoms with Crippen LogP contribution in [0.4, 0.5) is 0 Å². The standard InChI is InChI=1S/C12H19N3/c1-2-12(14-15-13)10-4-8-3-9(6-10)7-11(12)5-8/h8-11H,2-7H2,1H3. The molecule has 4 bridgehead atoms. The molecule has 0 radical (unpaired) electrons. The lowest BCUT2D eigenvalue weighted by atomic mass is 9.48. The van der Waals surface area contributed by atoms with Crippen LogP contribution in [0.1, 0.15) is 45.4 Å². The van der Waals surface area contributed by atoms with Gasteiger partial charge in [-0.25, -0.2) is 0 Å². The van der Waals surface area contributed by atoms with Gasteiger partial charge >= 0.3 is 0 Å². The van der Waals surface area contributed by atoms with Crippen molar-refractivity contribution in [1.29, 1.82) is 0 Å². The molecule has 0 atom stereocenters. The van der Waals surface area contributed by atoms with E-state index < -0.39 is 0 Å². The summed E-state index contributed by atoms with van der Waals surface area (Å²) in [5.74, 6) is 3.33. The summed E-state index contributed by atoms with van der Waals surface area (Å²) in [7, 11) is 0. The van der Waals surface area contributed by atoms with Crippen molar-refractivity contribution >= 4 is 0 Å². The van der Waals surface area contributed by atoms with Crippen molar-refractivity contribution in [1.82, 2.24) is 0 Å². The average Bonchev–Trinajstić information content (AvgIpc) is 2.23. The van der Waals surface area contributed by atoms with Gasteiger partial charge in [0.15, 0.2) is 0 Å². The van der Waals surface area contributed by atoms with Crippen molar-refractivity contribution in [2.75, 3.05) is 0 Å². The number of rotatable bonds is 2. The van der Waals surface area contributed by atoms with Gasteiger partial charge in [-0.2, -0.15) is 0 Å². The van der Waals surface area contributed by atoms with E-state index >= 15 is 0 Å². The summed E-state index contributed by atoms with van der Waals surface area (Å²) in [6.07, 6.45) is 7.84. The predicted molar refractivity (Wildman–Crippen MR) is 59.2 cm³/mol. The van der Waals surface area contributed by atoms with E-state index in [1.165, 1.54) is 32.1 Å². The Kier molecular flexibility index (Phi) is 2.00. The highest BCUT2D eigenvalue weighted by Gasteiger charge is 2.55. The molecule has 0 saturated heterocycles. The van der Waals surface area contributed by atoms with Gasteiger partial charge in [-0.05, 0) is 67.7 Å². The number of azide groups is 1. The molecule has 3 nitrogen and oxygen atoms in total. The van der Waals surface area contributed by atoms with E-state index in [4.69, 9.17) is 5.53 Å².